The monoisotopic (exact) mass is 389 g/mol. The van der Waals surface area contributed by atoms with Crippen LogP contribution in [0.2, 0.25) is 0 Å². The van der Waals surface area contributed by atoms with Gasteiger partial charge in [0.05, 0.1) is 16.8 Å². The highest BCUT2D eigenvalue weighted by Crippen LogP contribution is 2.29. The molecule has 2 aromatic heterocycles. The van der Waals surface area contributed by atoms with Gasteiger partial charge in [0.1, 0.15) is 11.3 Å². The van der Waals surface area contributed by atoms with Crippen LogP contribution in [0.5, 0.6) is 0 Å². The molecular formula is C19H27N5O2S. The maximum Gasteiger partial charge on any atom is 0.209 e. The van der Waals surface area contributed by atoms with Crippen LogP contribution in [0.1, 0.15) is 44.9 Å². The number of rotatable bonds is 9. The summed E-state index contributed by atoms with van der Waals surface area (Å²) in [6.45, 7) is 2.93. The lowest BCUT2D eigenvalue weighted by atomic mass is 10.1. The highest BCUT2D eigenvalue weighted by Gasteiger charge is 2.16. The van der Waals surface area contributed by atoms with Gasteiger partial charge in [0.2, 0.25) is 10.0 Å². The lowest BCUT2D eigenvalue weighted by Gasteiger charge is -2.11. The summed E-state index contributed by atoms with van der Waals surface area (Å²) in [4.78, 5) is 9.29. The number of benzene rings is 1. The fourth-order valence-corrected chi connectivity index (χ4v) is 4.03. The van der Waals surface area contributed by atoms with Gasteiger partial charge in [-0.3, -0.25) is 0 Å². The first kappa shape index (κ1) is 19.6. The Labute approximate surface area is 159 Å². The van der Waals surface area contributed by atoms with Crippen LogP contribution in [0.25, 0.3) is 21.9 Å². The van der Waals surface area contributed by atoms with Crippen molar-refractivity contribution in [1.29, 1.82) is 0 Å². The zero-order valence-corrected chi connectivity index (χ0v) is 16.5. The number of fused-ring (bicyclic) bond motifs is 3. The van der Waals surface area contributed by atoms with Crippen molar-refractivity contribution in [3.8, 4) is 0 Å². The highest BCUT2D eigenvalue weighted by atomic mass is 32.2. The lowest BCUT2D eigenvalue weighted by Crippen LogP contribution is -2.16. The molecule has 4 N–H and O–H groups in total. The van der Waals surface area contributed by atoms with Crippen LogP contribution in [-0.2, 0) is 23.0 Å². The second kappa shape index (κ2) is 8.22. The Bertz CT molecular complexity index is 1040. The molecule has 0 aliphatic carbocycles. The molecule has 0 aliphatic rings. The van der Waals surface area contributed by atoms with E-state index in [-0.39, 0.29) is 5.75 Å². The molecule has 0 fully saturated rings. The second-order valence-corrected chi connectivity index (χ2v) is 8.66. The predicted molar refractivity (Wildman–Crippen MR) is 110 cm³/mol. The van der Waals surface area contributed by atoms with E-state index < -0.39 is 10.0 Å². The first-order valence-corrected chi connectivity index (χ1v) is 11.2. The van der Waals surface area contributed by atoms with Crippen molar-refractivity contribution in [2.24, 2.45) is 5.14 Å². The normalized spacial score (nSPS) is 12.2. The van der Waals surface area contributed by atoms with Crippen molar-refractivity contribution >= 4 is 37.8 Å². The Hall–Kier alpha value is -2.19. The third kappa shape index (κ3) is 4.56. The van der Waals surface area contributed by atoms with E-state index in [0.717, 1.165) is 66.4 Å². The number of hydrogen-bond donors (Lipinski definition) is 2. The molecule has 0 spiro atoms. The van der Waals surface area contributed by atoms with Crippen molar-refractivity contribution < 1.29 is 8.42 Å². The Morgan fingerprint density at radius 2 is 1.85 bits per heavy atom. The summed E-state index contributed by atoms with van der Waals surface area (Å²) in [5.74, 6) is 1.50. The molecule has 3 aromatic rings. The van der Waals surface area contributed by atoms with Crippen molar-refractivity contribution in [3.63, 3.8) is 0 Å². The molecule has 0 radical (unpaired) electrons. The topological polar surface area (TPSA) is 117 Å². The number of aryl methyl sites for hydroxylation is 2. The van der Waals surface area contributed by atoms with Crippen molar-refractivity contribution in [3.05, 3.63) is 30.1 Å². The fraction of sp³-hybridized carbons (Fsp3) is 0.474. The SMILES string of the molecule is CCCCc1nc2c(N)nc3ccccc3c2n1CCCCCS(N)(=O)=O. The Kier molecular flexibility index (Phi) is 5.96. The number of anilines is 1. The third-order valence-corrected chi connectivity index (χ3v) is 5.61. The number of hydrogen-bond acceptors (Lipinski definition) is 5. The summed E-state index contributed by atoms with van der Waals surface area (Å²) >= 11 is 0. The van der Waals surface area contributed by atoms with Crippen LogP contribution in [0, 0.1) is 0 Å². The molecule has 0 unspecified atom stereocenters. The number of nitrogens with two attached hydrogens (primary N) is 2. The van der Waals surface area contributed by atoms with Crippen LogP contribution < -0.4 is 10.9 Å². The predicted octanol–water partition coefficient (Wildman–Crippen LogP) is 2.97. The van der Waals surface area contributed by atoms with E-state index in [2.05, 4.69) is 16.5 Å². The van der Waals surface area contributed by atoms with E-state index in [0.29, 0.717) is 12.2 Å². The molecule has 0 aliphatic heterocycles. The number of nitrogens with zero attached hydrogens (tertiary/aromatic N) is 3. The minimum atomic E-state index is -3.39. The number of pyridine rings is 1. The van der Waals surface area contributed by atoms with Gasteiger partial charge in [0.15, 0.2) is 5.82 Å². The van der Waals surface area contributed by atoms with Crippen molar-refractivity contribution in [2.45, 2.75) is 52.0 Å². The Balaban J connectivity index is 1.94. The number of aromatic nitrogens is 3. The first-order valence-electron chi connectivity index (χ1n) is 9.44. The molecule has 0 atom stereocenters. The quantitative estimate of drug-likeness (QED) is 0.546. The molecule has 3 rings (SSSR count). The van der Waals surface area contributed by atoms with E-state index in [1.54, 1.807) is 0 Å². The Morgan fingerprint density at radius 3 is 2.59 bits per heavy atom. The number of sulfonamides is 1. The van der Waals surface area contributed by atoms with E-state index in [1.807, 2.05) is 24.3 Å². The van der Waals surface area contributed by atoms with Gasteiger partial charge in [-0.05, 0) is 25.3 Å². The number of unbranched alkanes of at least 4 members (excludes halogenated alkanes) is 3. The lowest BCUT2D eigenvalue weighted by molar-refractivity contribution is 0.571. The summed E-state index contributed by atoms with van der Waals surface area (Å²) in [5, 5.41) is 6.12. The molecule has 8 heteroatoms. The van der Waals surface area contributed by atoms with Gasteiger partial charge in [-0.2, -0.15) is 0 Å². The zero-order chi connectivity index (χ0) is 19.4. The van der Waals surface area contributed by atoms with Crippen LogP contribution in [-0.4, -0.2) is 28.7 Å². The molecule has 27 heavy (non-hydrogen) atoms. The molecule has 2 heterocycles. The maximum absolute atomic E-state index is 11.1. The molecule has 146 valence electrons. The molecule has 0 saturated carbocycles. The van der Waals surface area contributed by atoms with E-state index in [4.69, 9.17) is 15.9 Å². The summed E-state index contributed by atoms with van der Waals surface area (Å²) in [5.41, 5.74) is 8.83. The molecule has 0 amide bonds. The van der Waals surface area contributed by atoms with E-state index in [9.17, 15) is 8.42 Å². The number of primary sulfonamides is 1. The fourth-order valence-electron chi connectivity index (χ4n) is 3.42. The number of para-hydroxylation sites is 1. The summed E-state index contributed by atoms with van der Waals surface area (Å²) in [6.07, 6.45) is 5.25. The van der Waals surface area contributed by atoms with E-state index in [1.165, 1.54) is 0 Å². The van der Waals surface area contributed by atoms with Crippen molar-refractivity contribution in [1.82, 2.24) is 14.5 Å². The maximum atomic E-state index is 11.1. The van der Waals surface area contributed by atoms with Gasteiger partial charge in [-0.25, -0.2) is 23.5 Å². The number of imidazole rings is 1. The second-order valence-electron chi connectivity index (χ2n) is 6.92. The van der Waals surface area contributed by atoms with Gasteiger partial charge in [0.25, 0.3) is 0 Å². The average Bonchev–Trinajstić information content (AvgIpc) is 2.98. The highest BCUT2D eigenvalue weighted by molar-refractivity contribution is 7.89. The zero-order valence-electron chi connectivity index (χ0n) is 15.7. The molecule has 1 aromatic carbocycles. The van der Waals surface area contributed by atoms with Gasteiger partial charge in [-0.1, -0.05) is 38.0 Å². The van der Waals surface area contributed by atoms with E-state index >= 15 is 0 Å². The Morgan fingerprint density at radius 1 is 1.07 bits per heavy atom. The van der Waals surface area contributed by atoms with Crippen molar-refractivity contribution in [2.75, 3.05) is 11.5 Å². The molecule has 0 saturated heterocycles. The molecule has 7 nitrogen and oxygen atoms in total. The van der Waals surface area contributed by atoms with Crippen LogP contribution in [0.4, 0.5) is 5.82 Å². The van der Waals surface area contributed by atoms with Gasteiger partial charge in [0, 0.05) is 18.4 Å². The smallest absolute Gasteiger partial charge is 0.209 e. The minimum Gasteiger partial charge on any atom is -0.382 e. The largest absolute Gasteiger partial charge is 0.382 e. The third-order valence-electron chi connectivity index (χ3n) is 4.75. The molecule has 0 bridgehead atoms. The van der Waals surface area contributed by atoms with Gasteiger partial charge >= 0.3 is 0 Å². The number of nitrogen functional groups attached to an aromatic ring is 1. The summed E-state index contributed by atoms with van der Waals surface area (Å²) in [7, 11) is -3.39. The summed E-state index contributed by atoms with van der Waals surface area (Å²) in [6, 6.07) is 7.95. The van der Waals surface area contributed by atoms with Gasteiger partial charge in [-0.15, -0.1) is 0 Å². The van der Waals surface area contributed by atoms with Crippen LogP contribution in [0.15, 0.2) is 24.3 Å². The standard InChI is InChI=1S/C19H27N5O2S/c1-2-3-11-16-23-17-18(14-9-5-6-10-15(14)22-19(17)20)24(16)12-7-4-8-13-27(21,25)26/h5-6,9-10H,2-4,7-8,11-13H2,1H3,(H2,20,22)(H2,21,25,26). The first-order chi connectivity index (χ1) is 12.9. The molecular weight excluding hydrogens is 362 g/mol. The van der Waals surface area contributed by atoms with Crippen LogP contribution >= 0.6 is 0 Å². The van der Waals surface area contributed by atoms with Gasteiger partial charge < -0.3 is 10.3 Å². The average molecular weight is 390 g/mol. The minimum absolute atomic E-state index is 0.0279. The summed E-state index contributed by atoms with van der Waals surface area (Å²) < 4.78 is 24.4. The van der Waals surface area contributed by atoms with Crippen LogP contribution in [0.3, 0.4) is 0 Å².